The molecule has 5 heteroatoms. The third-order valence-electron chi connectivity index (χ3n) is 2.81. The minimum atomic E-state index is -0.355. The van der Waals surface area contributed by atoms with Crippen LogP contribution in [0.25, 0.3) is 0 Å². The highest BCUT2D eigenvalue weighted by atomic mass is 32.2. The van der Waals surface area contributed by atoms with Crippen LogP contribution in [-0.2, 0) is 4.79 Å². The number of ether oxygens (including phenoxy) is 1. The zero-order chi connectivity index (χ0) is 15.5. The Morgan fingerprint density at radius 1 is 1.43 bits per heavy atom. The van der Waals surface area contributed by atoms with Gasteiger partial charge in [-0.05, 0) is 37.6 Å². The van der Waals surface area contributed by atoms with E-state index in [4.69, 9.17) is 9.94 Å². The molecule has 4 nitrogen and oxygen atoms in total. The largest absolute Gasteiger partial charge is 0.481 e. The Bertz CT molecular complexity index is 490. The topological polar surface area (TPSA) is 58.6 Å². The molecular weight excluding hydrogens is 286 g/mol. The minimum absolute atomic E-state index is 0.285. The van der Waals surface area contributed by atoms with Crippen LogP contribution in [0.5, 0.6) is 5.75 Å². The summed E-state index contributed by atoms with van der Waals surface area (Å²) in [5.41, 5.74) is 1.74. The van der Waals surface area contributed by atoms with Gasteiger partial charge in [-0.25, -0.2) is 5.48 Å². The van der Waals surface area contributed by atoms with Crippen LogP contribution in [0.1, 0.15) is 33.1 Å². The first-order valence-electron chi connectivity index (χ1n) is 6.94. The van der Waals surface area contributed by atoms with E-state index in [1.807, 2.05) is 24.3 Å². The maximum Gasteiger partial charge on any atom is 0.256 e. The Morgan fingerprint density at radius 3 is 2.71 bits per heavy atom. The molecule has 1 rings (SSSR count). The second-order valence-corrected chi connectivity index (χ2v) is 5.69. The van der Waals surface area contributed by atoms with E-state index < -0.39 is 0 Å². The Hall–Kier alpha value is -1.64. The fourth-order valence-electron chi connectivity index (χ4n) is 1.68. The molecule has 0 spiro atoms. The summed E-state index contributed by atoms with van der Waals surface area (Å²) >= 11 is 1.44. The zero-order valence-corrected chi connectivity index (χ0v) is 13.2. The van der Waals surface area contributed by atoms with E-state index in [0.29, 0.717) is 6.61 Å². The van der Waals surface area contributed by atoms with E-state index in [-0.39, 0.29) is 11.2 Å². The third kappa shape index (κ3) is 6.56. The van der Waals surface area contributed by atoms with Crippen LogP contribution in [0, 0.1) is 11.8 Å². The van der Waals surface area contributed by atoms with Gasteiger partial charge in [0.05, 0.1) is 5.25 Å². The molecule has 0 aliphatic heterocycles. The van der Waals surface area contributed by atoms with E-state index >= 15 is 0 Å². The van der Waals surface area contributed by atoms with Gasteiger partial charge in [-0.1, -0.05) is 25.7 Å². The lowest BCUT2D eigenvalue weighted by Crippen LogP contribution is -2.29. The summed E-state index contributed by atoms with van der Waals surface area (Å²) in [4.78, 5) is 12.6. The smallest absolute Gasteiger partial charge is 0.256 e. The average molecular weight is 307 g/mol. The molecule has 0 aliphatic carbocycles. The van der Waals surface area contributed by atoms with Crippen molar-refractivity contribution < 1.29 is 14.7 Å². The number of hydrogen-bond acceptors (Lipinski definition) is 4. The van der Waals surface area contributed by atoms with Crippen molar-refractivity contribution in [3.05, 3.63) is 24.3 Å². The van der Waals surface area contributed by atoms with Gasteiger partial charge in [0.25, 0.3) is 5.91 Å². The molecular formula is C16H21NO3S. The number of nitrogens with one attached hydrogen (secondary N) is 1. The molecule has 1 aromatic carbocycles. The van der Waals surface area contributed by atoms with Gasteiger partial charge in [-0.15, -0.1) is 17.7 Å². The first kappa shape index (κ1) is 17.4. The summed E-state index contributed by atoms with van der Waals surface area (Å²) in [5, 5.41) is 8.52. The Balaban J connectivity index is 2.61. The van der Waals surface area contributed by atoms with Crippen molar-refractivity contribution in [2.45, 2.75) is 43.3 Å². The fraction of sp³-hybridized carbons (Fsp3) is 0.438. The predicted molar refractivity (Wildman–Crippen MR) is 84.5 cm³/mol. The van der Waals surface area contributed by atoms with E-state index in [1.165, 1.54) is 11.8 Å². The summed E-state index contributed by atoms with van der Waals surface area (Å²) in [7, 11) is 0. The maximum absolute atomic E-state index is 11.6. The van der Waals surface area contributed by atoms with Gasteiger partial charge in [-0.3, -0.25) is 10.0 Å². The number of hydroxylamine groups is 1. The number of carbonyl (C=O) groups is 1. The number of thioether (sulfide) groups is 1. The van der Waals surface area contributed by atoms with Crippen LogP contribution < -0.4 is 10.2 Å². The summed E-state index contributed by atoms with van der Waals surface area (Å²) in [5.74, 6) is 5.99. The normalized spacial score (nSPS) is 11.2. The van der Waals surface area contributed by atoms with Gasteiger partial charge in [0.1, 0.15) is 12.4 Å². The van der Waals surface area contributed by atoms with Crippen LogP contribution in [0.15, 0.2) is 29.2 Å². The predicted octanol–water partition coefficient (Wildman–Crippen LogP) is 3.25. The standard InChI is InChI=1S/C16H21NO3S/c1-3-5-7-15(16(18)17-19)21-14-10-8-13(9-11-14)20-12-6-4-2/h8-11,15,19H,3,5,7,12H2,1-2H3,(H,17,18). The number of carbonyl (C=O) groups excluding carboxylic acids is 1. The first-order valence-corrected chi connectivity index (χ1v) is 7.82. The lowest BCUT2D eigenvalue weighted by Gasteiger charge is -2.14. The van der Waals surface area contributed by atoms with Crippen molar-refractivity contribution in [1.82, 2.24) is 5.48 Å². The van der Waals surface area contributed by atoms with Crippen molar-refractivity contribution >= 4 is 17.7 Å². The number of hydrogen-bond donors (Lipinski definition) is 2. The van der Waals surface area contributed by atoms with E-state index in [1.54, 1.807) is 12.4 Å². The molecule has 0 radical (unpaired) electrons. The van der Waals surface area contributed by atoms with Gasteiger partial charge in [-0.2, -0.15) is 0 Å². The Labute approximate surface area is 130 Å². The lowest BCUT2D eigenvalue weighted by atomic mass is 10.2. The van der Waals surface area contributed by atoms with Crippen LogP contribution in [0.4, 0.5) is 0 Å². The van der Waals surface area contributed by atoms with Gasteiger partial charge in [0.2, 0.25) is 0 Å². The van der Waals surface area contributed by atoms with Crippen LogP contribution in [0.2, 0.25) is 0 Å². The number of rotatable bonds is 8. The quantitative estimate of drug-likeness (QED) is 0.335. The fourth-order valence-corrected chi connectivity index (χ4v) is 2.74. The van der Waals surface area contributed by atoms with Gasteiger partial charge >= 0.3 is 0 Å². The molecule has 0 aromatic heterocycles. The molecule has 1 atom stereocenters. The molecule has 1 unspecified atom stereocenters. The van der Waals surface area contributed by atoms with Crippen LogP contribution >= 0.6 is 11.8 Å². The van der Waals surface area contributed by atoms with Gasteiger partial charge in [0.15, 0.2) is 0 Å². The maximum atomic E-state index is 11.6. The Kier molecular flexibility index (Phi) is 8.41. The molecule has 21 heavy (non-hydrogen) atoms. The highest BCUT2D eigenvalue weighted by Gasteiger charge is 2.18. The third-order valence-corrected chi connectivity index (χ3v) is 4.09. The molecule has 0 heterocycles. The molecule has 1 aromatic rings. The van der Waals surface area contributed by atoms with E-state index in [0.717, 1.165) is 29.9 Å². The van der Waals surface area contributed by atoms with Crippen molar-refractivity contribution in [1.29, 1.82) is 0 Å². The number of benzene rings is 1. The molecule has 0 aliphatic rings. The molecule has 114 valence electrons. The minimum Gasteiger partial charge on any atom is -0.481 e. The van der Waals surface area contributed by atoms with Crippen molar-refractivity contribution in [2.24, 2.45) is 0 Å². The lowest BCUT2D eigenvalue weighted by molar-refractivity contribution is -0.128. The van der Waals surface area contributed by atoms with Gasteiger partial charge in [0, 0.05) is 4.90 Å². The highest BCUT2D eigenvalue weighted by Crippen LogP contribution is 2.28. The van der Waals surface area contributed by atoms with E-state index in [2.05, 4.69) is 18.8 Å². The molecule has 0 bridgehead atoms. The summed E-state index contributed by atoms with van der Waals surface area (Å²) in [6.45, 7) is 4.21. The molecule has 1 amide bonds. The number of amides is 1. The average Bonchev–Trinajstić information content (AvgIpc) is 2.52. The Morgan fingerprint density at radius 2 is 2.14 bits per heavy atom. The van der Waals surface area contributed by atoms with Crippen molar-refractivity contribution in [2.75, 3.05) is 6.61 Å². The molecule has 2 N–H and O–H groups in total. The molecule has 0 saturated heterocycles. The second-order valence-electron chi connectivity index (χ2n) is 4.41. The molecule has 0 saturated carbocycles. The van der Waals surface area contributed by atoms with Crippen molar-refractivity contribution in [3.8, 4) is 17.6 Å². The van der Waals surface area contributed by atoms with Crippen LogP contribution in [-0.4, -0.2) is 23.0 Å². The van der Waals surface area contributed by atoms with Gasteiger partial charge < -0.3 is 4.74 Å². The second kappa shape index (κ2) is 10.1. The monoisotopic (exact) mass is 307 g/mol. The van der Waals surface area contributed by atoms with Crippen LogP contribution in [0.3, 0.4) is 0 Å². The zero-order valence-electron chi connectivity index (χ0n) is 12.4. The number of unbranched alkanes of at least 4 members (excludes halogenated alkanes) is 1. The summed E-state index contributed by atoms with van der Waals surface area (Å²) < 4.78 is 5.44. The first-order chi connectivity index (χ1) is 10.2. The molecule has 0 fully saturated rings. The SMILES string of the molecule is CC#CCOc1ccc(SC(CCCC)C(=O)NO)cc1. The van der Waals surface area contributed by atoms with E-state index in [9.17, 15) is 4.79 Å². The summed E-state index contributed by atoms with van der Waals surface area (Å²) in [6.07, 6.45) is 2.70. The summed E-state index contributed by atoms with van der Waals surface area (Å²) in [6, 6.07) is 7.52. The van der Waals surface area contributed by atoms with Crippen molar-refractivity contribution in [3.63, 3.8) is 0 Å². The highest BCUT2D eigenvalue weighted by molar-refractivity contribution is 8.00.